The zero-order chi connectivity index (χ0) is 8.39. The Balaban J connectivity index is 1.68. The Kier molecular flexibility index (Phi) is 2.63. The summed E-state index contributed by atoms with van der Waals surface area (Å²) in [7, 11) is 0. The highest BCUT2D eigenvalue weighted by atomic mass is 16.5. The van der Waals surface area contributed by atoms with Gasteiger partial charge < -0.3 is 15.8 Å². The first kappa shape index (κ1) is 8.48. The van der Waals surface area contributed by atoms with E-state index in [4.69, 9.17) is 10.5 Å². The van der Waals surface area contributed by atoms with E-state index >= 15 is 0 Å². The fourth-order valence-corrected chi connectivity index (χ4v) is 1.65. The third-order valence-electron chi connectivity index (χ3n) is 2.77. The van der Waals surface area contributed by atoms with Crippen molar-refractivity contribution >= 4 is 0 Å². The fraction of sp³-hybridized carbons (Fsp3) is 1.00. The molecule has 3 N–H and O–H groups in total. The van der Waals surface area contributed by atoms with Crippen LogP contribution in [0.15, 0.2) is 0 Å². The zero-order valence-electron chi connectivity index (χ0n) is 7.46. The number of nitrogens with two attached hydrogens (primary N) is 1. The third kappa shape index (κ3) is 2.19. The van der Waals surface area contributed by atoms with Crippen molar-refractivity contribution in [3.8, 4) is 0 Å². The van der Waals surface area contributed by atoms with Crippen molar-refractivity contribution in [2.24, 2.45) is 11.7 Å². The van der Waals surface area contributed by atoms with Crippen molar-refractivity contribution in [2.45, 2.75) is 31.3 Å². The van der Waals surface area contributed by atoms with Crippen LogP contribution in [0, 0.1) is 5.92 Å². The van der Waals surface area contributed by atoms with Crippen LogP contribution < -0.4 is 11.1 Å². The summed E-state index contributed by atoms with van der Waals surface area (Å²) in [6.07, 6.45) is 3.89. The van der Waals surface area contributed by atoms with Crippen molar-refractivity contribution in [3.05, 3.63) is 0 Å². The molecule has 2 aliphatic rings. The molecule has 3 heteroatoms. The molecule has 12 heavy (non-hydrogen) atoms. The van der Waals surface area contributed by atoms with Gasteiger partial charge in [-0.25, -0.2) is 0 Å². The molecule has 0 aromatic rings. The monoisotopic (exact) mass is 170 g/mol. The Hall–Kier alpha value is -0.120. The lowest BCUT2D eigenvalue weighted by atomic mass is 10.0. The zero-order valence-corrected chi connectivity index (χ0v) is 7.46. The summed E-state index contributed by atoms with van der Waals surface area (Å²) in [4.78, 5) is 0. The maximum atomic E-state index is 5.90. The smallest absolute Gasteiger partial charge is 0.0632 e. The van der Waals surface area contributed by atoms with Gasteiger partial charge in [0.25, 0.3) is 0 Å². The molecule has 0 aromatic heterocycles. The molecule has 0 spiro atoms. The van der Waals surface area contributed by atoms with Crippen LogP contribution in [0.1, 0.15) is 19.3 Å². The van der Waals surface area contributed by atoms with E-state index in [1.54, 1.807) is 0 Å². The molecular formula is C9H18N2O. The first-order valence-corrected chi connectivity index (χ1v) is 4.93. The largest absolute Gasteiger partial charge is 0.380 e. The Morgan fingerprint density at radius 3 is 2.83 bits per heavy atom. The van der Waals surface area contributed by atoms with E-state index < -0.39 is 0 Å². The summed E-state index contributed by atoms with van der Waals surface area (Å²) in [5.41, 5.74) is 5.90. The van der Waals surface area contributed by atoms with Gasteiger partial charge in [0.05, 0.1) is 6.61 Å². The van der Waals surface area contributed by atoms with Crippen LogP contribution in [0.4, 0.5) is 0 Å². The standard InChI is InChI=1S/C9H18N2O/c10-8-6-12-4-3-9(8)11-5-7-1-2-7/h7-9,11H,1-6,10H2/t8-,9?/m1/s1. The first-order chi connectivity index (χ1) is 5.86. The van der Waals surface area contributed by atoms with E-state index in [0.717, 1.165) is 25.6 Å². The summed E-state index contributed by atoms with van der Waals surface area (Å²) in [5.74, 6) is 0.944. The lowest BCUT2D eigenvalue weighted by Crippen LogP contribution is -2.51. The highest BCUT2D eigenvalue weighted by molar-refractivity contribution is 4.85. The van der Waals surface area contributed by atoms with Gasteiger partial charge in [-0.1, -0.05) is 0 Å². The normalized spacial score (nSPS) is 36.8. The van der Waals surface area contributed by atoms with Gasteiger partial charge in [-0.05, 0) is 31.7 Å². The van der Waals surface area contributed by atoms with Gasteiger partial charge in [-0.3, -0.25) is 0 Å². The first-order valence-electron chi connectivity index (χ1n) is 4.93. The van der Waals surface area contributed by atoms with Crippen molar-refractivity contribution in [1.29, 1.82) is 0 Å². The molecule has 0 amide bonds. The van der Waals surface area contributed by atoms with Crippen molar-refractivity contribution in [3.63, 3.8) is 0 Å². The predicted molar refractivity (Wildman–Crippen MR) is 47.9 cm³/mol. The highest BCUT2D eigenvalue weighted by Crippen LogP contribution is 2.27. The molecule has 3 nitrogen and oxygen atoms in total. The molecule has 2 rings (SSSR count). The lowest BCUT2D eigenvalue weighted by Gasteiger charge is -2.29. The number of hydrogen-bond acceptors (Lipinski definition) is 3. The highest BCUT2D eigenvalue weighted by Gasteiger charge is 2.26. The average molecular weight is 170 g/mol. The maximum Gasteiger partial charge on any atom is 0.0632 e. The third-order valence-corrected chi connectivity index (χ3v) is 2.77. The molecule has 1 heterocycles. The minimum atomic E-state index is 0.206. The van der Waals surface area contributed by atoms with Crippen LogP contribution in [-0.2, 0) is 4.74 Å². The van der Waals surface area contributed by atoms with Crippen LogP contribution in [0.2, 0.25) is 0 Å². The maximum absolute atomic E-state index is 5.90. The minimum Gasteiger partial charge on any atom is -0.380 e. The fourth-order valence-electron chi connectivity index (χ4n) is 1.65. The van der Waals surface area contributed by atoms with Gasteiger partial charge in [0, 0.05) is 18.7 Å². The van der Waals surface area contributed by atoms with Crippen LogP contribution in [-0.4, -0.2) is 31.8 Å². The second-order valence-corrected chi connectivity index (χ2v) is 3.99. The molecule has 0 radical (unpaired) electrons. The number of rotatable bonds is 3. The van der Waals surface area contributed by atoms with Gasteiger partial charge in [0.1, 0.15) is 0 Å². The van der Waals surface area contributed by atoms with Crippen LogP contribution in [0.3, 0.4) is 0 Å². The van der Waals surface area contributed by atoms with Crippen LogP contribution in [0.5, 0.6) is 0 Å². The molecule has 1 aliphatic heterocycles. The molecule has 0 bridgehead atoms. The summed E-state index contributed by atoms with van der Waals surface area (Å²) < 4.78 is 5.27. The van der Waals surface area contributed by atoms with Gasteiger partial charge in [0.2, 0.25) is 0 Å². The Bertz CT molecular complexity index is 147. The van der Waals surface area contributed by atoms with Crippen LogP contribution >= 0.6 is 0 Å². The van der Waals surface area contributed by atoms with Crippen LogP contribution in [0.25, 0.3) is 0 Å². The molecule has 1 aliphatic carbocycles. The van der Waals surface area contributed by atoms with Crippen molar-refractivity contribution in [1.82, 2.24) is 5.32 Å². The van der Waals surface area contributed by atoms with Gasteiger partial charge in [-0.2, -0.15) is 0 Å². The van der Waals surface area contributed by atoms with E-state index in [1.165, 1.54) is 19.4 Å². The average Bonchev–Trinajstić information content (AvgIpc) is 2.86. The summed E-state index contributed by atoms with van der Waals surface area (Å²) in [5, 5.41) is 3.53. The second-order valence-electron chi connectivity index (χ2n) is 3.99. The Morgan fingerprint density at radius 2 is 2.17 bits per heavy atom. The van der Waals surface area contributed by atoms with Gasteiger partial charge >= 0.3 is 0 Å². The van der Waals surface area contributed by atoms with Gasteiger partial charge in [0.15, 0.2) is 0 Å². The molecule has 1 saturated carbocycles. The minimum absolute atomic E-state index is 0.206. The van der Waals surface area contributed by atoms with Crippen molar-refractivity contribution < 1.29 is 4.74 Å². The number of nitrogens with one attached hydrogen (secondary N) is 1. The molecule has 1 saturated heterocycles. The van der Waals surface area contributed by atoms with Gasteiger partial charge in [-0.15, -0.1) is 0 Å². The SMILES string of the molecule is N[C@@H]1COCCC1NCC1CC1. The van der Waals surface area contributed by atoms with E-state index in [9.17, 15) is 0 Å². The van der Waals surface area contributed by atoms with E-state index in [2.05, 4.69) is 5.32 Å². The molecule has 70 valence electrons. The number of ether oxygens (including phenoxy) is 1. The summed E-state index contributed by atoms with van der Waals surface area (Å²) in [6, 6.07) is 0.705. The van der Waals surface area contributed by atoms with E-state index in [0.29, 0.717) is 6.04 Å². The summed E-state index contributed by atoms with van der Waals surface area (Å²) >= 11 is 0. The Morgan fingerprint density at radius 1 is 1.33 bits per heavy atom. The molecular weight excluding hydrogens is 152 g/mol. The van der Waals surface area contributed by atoms with E-state index in [1.807, 2.05) is 0 Å². The molecule has 2 atom stereocenters. The second kappa shape index (κ2) is 3.73. The quantitative estimate of drug-likeness (QED) is 0.631. The van der Waals surface area contributed by atoms with E-state index in [-0.39, 0.29) is 6.04 Å². The molecule has 2 fully saturated rings. The topological polar surface area (TPSA) is 47.3 Å². The predicted octanol–water partition coefficient (Wildman–Crippen LogP) is 0.102. The number of hydrogen-bond donors (Lipinski definition) is 2. The van der Waals surface area contributed by atoms with Crippen molar-refractivity contribution in [2.75, 3.05) is 19.8 Å². The molecule has 0 aromatic carbocycles. The lowest BCUT2D eigenvalue weighted by molar-refractivity contribution is 0.0617. The Labute approximate surface area is 73.7 Å². The molecule has 1 unspecified atom stereocenters. The summed E-state index contributed by atoms with van der Waals surface area (Å²) in [6.45, 7) is 2.76.